The quantitative estimate of drug-likeness (QED) is 0.694. The highest BCUT2D eigenvalue weighted by Crippen LogP contribution is 2.50. The molecule has 0 N–H and O–H groups in total. The Morgan fingerprint density at radius 1 is 1.00 bits per heavy atom. The molecule has 4 atom stereocenters. The molecule has 3 aliphatic rings. The Hall–Kier alpha value is -0.660. The topological polar surface area (TPSA) is 24.7 Å². The summed E-state index contributed by atoms with van der Waals surface area (Å²) >= 11 is 0. The largest absolute Gasteiger partial charge is 0.160 e. The zero-order chi connectivity index (χ0) is 12.7. The van der Waals surface area contributed by atoms with Gasteiger partial charge >= 0.3 is 0 Å². The Balaban J connectivity index is 1.78. The molecular weight excluding hydrogens is 220 g/mol. The lowest BCUT2D eigenvalue weighted by Crippen LogP contribution is -2.33. The monoisotopic (exact) mass is 246 g/mol. The third-order valence-electron chi connectivity index (χ3n) is 5.17. The van der Waals surface area contributed by atoms with Gasteiger partial charge in [0, 0.05) is 23.3 Å². The predicted molar refractivity (Wildman–Crippen MR) is 77.0 cm³/mol. The van der Waals surface area contributed by atoms with Gasteiger partial charge in [-0.1, -0.05) is 13.8 Å². The minimum absolute atomic E-state index is 0.706. The summed E-state index contributed by atoms with van der Waals surface area (Å²) in [5.74, 6) is 4.25. The van der Waals surface area contributed by atoms with Crippen molar-refractivity contribution in [2.24, 2.45) is 39.8 Å². The van der Waals surface area contributed by atoms with Crippen LogP contribution in [0.5, 0.6) is 0 Å². The van der Waals surface area contributed by atoms with Crippen molar-refractivity contribution in [3.8, 4) is 0 Å². The first-order valence-electron chi connectivity index (χ1n) is 7.76. The highest BCUT2D eigenvalue weighted by atomic mass is 15.2. The van der Waals surface area contributed by atoms with Crippen LogP contribution in [0.1, 0.15) is 59.3 Å². The van der Waals surface area contributed by atoms with Gasteiger partial charge in [-0.3, -0.25) is 0 Å². The molecule has 2 fully saturated rings. The number of hydrogen-bond donors (Lipinski definition) is 0. The van der Waals surface area contributed by atoms with Gasteiger partial charge in [-0.05, 0) is 63.2 Å². The van der Waals surface area contributed by atoms with Gasteiger partial charge in [0.2, 0.25) is 0 Å². The summed E-state index contributed by atoms with van der Waals surface area (Å²) in [5, 5.41) is 9.01. The Morgan fingerprint density at radius 3 is 2.33 bits per heavy atom. The van der Waals surface area contributed by atoms with Gasteiger partial charge in [0.1, 0.15) is 0 Å². The van der Waals surface area contributed by atoms with E-state index >= 15 is 0 Å². The van der Waals surface area contributed by atoms with E-state index in [9.17, 15) is 0 Å². The van der Waals surface area contributed by atoms with Crippen molar-refractivity contribution in [3.63, 3.8) is 0 Å². The van der Waals surface area contributed by atoms with Crippen molar-refractivity contribution >= 4 is 11.4 Å². The predicted octanol–water partition coefficient (Wildman–Crippen LogP) is 4.31. The van der Waals surface area contributed by atoms with Crippen LogP contribution in [0, 0.1) is 29.6 Å². The molecule has 1 heterocycles. The molecule has 0 saturated heterocycles. The molecule has 4 unspecified atom stereocenters. The van der Waals surface area contributed by atoms with Crippen LogP contribution in [-0.4, -0.2) is 11.4 Å². The van der Waals surface area contributed by atoms with Crippen LogP contribution < -0.4 is 0 Å². The molecule has 0 bridgehead atoms. The van der Waals surface area contributed by atoms with Crippen molar-refractivity contribution in [1.82, 2.24) is 0 Å². The van der Waals surface area contributed by atoms with Crippen LogP contribution in [-0.2, 0) is 0 Å². The summed E-state index contributed by atoms with van der Waals surface area (Å²) in [4.78, 5) is 0. The summed E-state index contributed by atoms with van der Waals surface area (Å²) in [6, 6.07) is 0. The van der Waals surface area contributed by atoms with E-state index in [2.05, 4.69) is 31.0 Å². The van der Waals surface area contributed by atoms with Crippen LogP contribution in [0.25, 0.3) is 0 Å². The SMILES string of the molecule is CC1=NN=C(CC(C)C)C2CCC3CC3CCC12. The lowest BCUT2D eigenvalue weighted by molar-refractivity contribution is 0.374. The molecule has 2 aliphatic carbocycles. The molecule has 100 valence electrons. The summed E-state index contributed by atoms with van der Waals surface area (Å²) in [6.45, 7) is 6.78. The number of hydrogen-bond acceptors (Lipinski definition) is 2. The third kappa shape index (κ3) is 2.39. The van der Waals surface area contributed by atoms with E-state index in [1.54, 1.807) is 0 Å². The fourth-order valence-corrected chi connectivity index (χ4v) is 4.01. The molecule has 2 nitrogen and oxygen atoms in total. The van der Waals surface area contributed by atoms with Crippen LogP contribution in [0.4, 0.5) is 0 Å². The van der Waals surface area contributed by atoms with Crippen LogP contribution in [0.2, 0.25) is 0 Å². The normalized spacial score (nSPS) is 39.1. The van der Waals surface area contributed by atoms with Gasteiger partial charge in [-0.2, -0.15) is 10.2 Å². The van der Waals surface area contributed by atoms with E-state index < -0.39 is 0 Å². The second kappa shape index (κ2) is 4.79. The van der Waals surface area contributed by atoms with Crippen molar-refractivity contribution in [2.75, 3.05) is 0 Å². The smallest absolute Gasteiger partial charge is 0.0445 e. The number of nitrogens with zero attached hydrogens (tertiary/aromatic N) is 2. The molecule has 1 aliphatic heterocycles. The Kier molecular flexibility index (Phi) is 3.29. The lowest BCUT2D eigenvalue weighted by Gasteiger charge is -2.32. The van der Waals surface area contributed by atoms with Crippen molar-refractivity contribution in [3.05, 3.63) is 0 Å². The third-order valence-corrected chi connectivity index (χ3v) is 5.17. The van der Waals surface area contributed by atoms with Crippen molar-refractivity contribution < 1.29 is 0 Å². The zero-order valence-electron chi connectivity index (χ0n) is 12.0. The molecule has 0 amide bonds. The van der Waals surface area contributed by atoms with Crippen molar-refractivity contribution in [1.29, 1.82) is 0 Å². The first-order valence-corrected chi connectivity index (χ1v) is 7.76. The molecule has 18 heavy (non-hydrogen) atoms. The summed E-state index contributed by atoms with van der Waals surface area (Å²) in [6.07, 6.45) is 8.25. The maximum atomic E-state index is 4.55. The van der Waals surface area contributed by atoms with E-state index in [1.807, 2.05) is 0 Å². The van der Waals surface area contributed by atoms with Crippen LogP contribution in [0.15, 0.2) is 10.2 Å². The summed E-state index contributed by atoms with van der Waals surface area (Å²) in [7, 11) is 0. The maximum Gasteiger partial charge on any atom is 0.0445 e. The van der Waals surface area contributed by atoms with E-state index in [1.165, 1.54) is 43.5 Å². The first-order chi connectivity index (χ1) is 8.65. The van der Waals surface area contributed by atoms with E-state index in [0.717, 1.165) is 18.3 Å². The lowest BCUT2D eigenvalue weighted by atomic mass is 9.74. The minimum Gasteiger partial charge on any atom is -0.160 e. The van der Waals surface area contributed by atoms with E-state index in [0.29, 0.717) is 17.8 Å². The zero-order valence-corrected chi connectivity index (χ0v) is 12.0. The van der Waals surface area contributed by atoms with Gasteiger partial charge in [0.25, 0.3) is 0 Å². The Morgan fingerprint density at radius 2 is 1.67 bits per heavy atom. The van der Waals surface area contributed by atoms with Crippen molar-refractivity contribution in [2.45, 2.75) is 59.3 Å². The summed E-state index contributed by atoms with van der Waals surface area (Å²) < 4.78 is 0. The van der Waals surface area contributed by atoms with Gasteiger partial charge < -0.3 is 0 Å². The maximum absolute atomic E-state index is 4.55. The Labute approximate surface area is 111 Å². The standard InChI is InChI=1S/C16H26N2/c1-10(2)8-16-15-7-5-13-9-12(13)4-6-14(15)11(3)17-18-16/h10,12-15H,4-9H2,1-3H3. The molecule has 2 saturated carbocycles. The molecule has 0 aromatic rings. The molecule has 0 aromatic heterocycles. The molecule has 2 heteroatoms. The fourth-order valence-electron chi connectivity index (χ4n) is 4.01. The second-order valence-corrected chi connectivity index (χ2v) is 7.05. The molecule has 0 aromatic carbocycles. The number of fused-ring (bicyclic) bond motifs is 2. The first kappa shape index (κ1) is 12.4. The van der Waals surface area contributed by atoms with Crippen LogP contribution in [0.3, 0.4) is 0 Å². The fraction of sp³-hybridized carbons (Fsp3) is 0.875. The van der Waals surface area contributed by atoms with Gasteiger partial charge in [0.05, 0.1) is 0 Å². The van der Waals surface area contributed by atoms with Gasteiger partial charge in [-0.15, -0.1) is 0 Å². The van der Waals surface area contributed by atoms with Gasteiger partial charge in [-0.25, -0.2) is 0 Å². The van der Waals surface area contributed by atoms with Gasteiger partial charge in [0.15, 0.2) is 0 Å². The molecular formula is C16H26N2. The highest BCUT2D eigenvalue weighted by molar-refractivity contribution is 5.97. The van der Waals surface area contributed by atoms with Crippen LogP contribution >= 0.6 is 0 Å². The summed E-state index contributed by atoms with van der Waals surface area (Å²) in [5.41, 5.74) is 2.70. The Bertz CT molecular complexity index is 381. The molecule has 0 radical (unpaired) electrons. The minimum atomic E-state index is 0.706. The number of rotatable bonds is 2. The van der Waals surface area contributed by atoms with E-state index in [4.69, 9.17) is 0 Å². The highest BCUT2D eigenvalue weighted by Gasteiger charge is 2.42. The van der Waals surface area contributed by atoms with E-state index in [-0.39, 0.29) is 0 Å². The molecule has 0 spiro atoms. The second-order valence-electron chi connectivity index (χ2n) is 7.05. The average molecular weight is 246 g/mol. The molecule has 3 rings (SSSR count). The average Bonchev–Trinajstić information content (AvgIpc) is 3.01.